The molecule has 1 amide bonds. The van der Waals surface area contributed by atoms with Gasteiger partial charge in [-0.2, -0.15) is 0 Å². The van der Waals surface area contributed by atoms with Gasteiger partial charge < -0.3 is 9.88 Å². The van der Waals surface area contributed by atoms with Crippen molar-refractivity contribution in [3.8, 4) is 0 Å². The molecule has 1 unspecified atom stereocenters. The van der Waals surface area contributed by atoms with E-state index in [0.717, 1.165) is 29.8 Å². The first-order chi connectivity index (χ1) is 13.7. The van der Waals surface area contributed by atoms with Crippen LogP contribution in [0.3, 0.4) is 0 Å². The lowest BCUT2D eigenvalue weighted by Crippen LogP contribution is -2.28. The molecule has 0 aliphatic heterocycles. The van der Waals surface area contributed by atoms with Crippen LogP contribution in [-0.4, -0.2) is 20.4 Å². The summed E-state index contributed by atoms with van der Waals surface area (Å²) in [5.74, 6) is 0.783. The third kappa shape index (κ3) is 4.97. The van der Waals surface area contributed by atoms with Gasteiger partial charge in [-0.05, 0) is 37.6 Å². The maximum atomic E-state index is 12.5. The molecule has 148 valence electrons. The van der Waals surface area contributed by atoms with Crippen LogP contribution in [-0.2, 0) is 6.54 Å². The van der Waals surface area contributed by atoms with Crippen LogP contribution in [0.4, 0.5) is 0 Å². The van der Waals surface area contributed by atoms with Gasteiger partial charge in [0.15, 0.2) is 0 Å². The largest absolute Gasteiger partial charge is 0.342 e. The molecule has 3 rings (SSSR count). The minimum atomic E-state index is -0.180. The van der Waals surface area contributed by atoms with Gasteiger partial charge >= 0.3 is 0 Å². The molecule has 0 radical (unpaired) electrons. The molecule has 0 spiro atoms. The van der Waals surface area contributed by atoms with Crippen molar-refractivity contribution in [3.05, 3.63) is 60.2 Å². The molecule has 28 heavy (non-hydrogen) atoms. The first kappa shape index (κ1) is 20.1. The van der Waals surface area contributed by atoms with Crippen LogP contribution >= 0.6 is 0 Å². The molecule has 2 aromatic heterocycles. The predicted molar refractivity (Wildman–Crippen MR) is 113 cm³/mol. The van der Waals surface area contributed by atoms with Crippen molar-refractivity contribution in [1.29, 1.82) is 0 Å². The third-order valence-electron chi connectivity index (χ3n) is 5.08. The van der Waals surface area contributed by atoms with E-state index in [2.05, 4.69) is 27.9 Å². The molecule has 0 aliphatic carbocycles. The molecule has 0 saturated heterocycles. The van der Waals surface area contributed by atoms with Crippen molar-refractivity contribution in [2.75, 3.05) is 0 Å². The molecular weight excluding hydrogens is 348 g/mol. The number of carbonyl (C=O) groups excluding carboxylic acids is 1. The minimum Gasteiger partial charge on any atom is -0.342 e. The van der Waals surface area contributed by atoms with Crippen LogP contribution in [0.1, 0.15) is 74.6 Å². The Hall–Kier alpha value is -2.69. The molecule has 0 bridgehead atoms. The molecular formula is C23H30N4O. The highest BCUT2D eigenvalue weighted by molar-refractivity contribution is 5.94. The van der Waals surface area contributed by atoms with Crippen molar-refractivity contribution in [1.82, 2.24) is 19.9 Å². The highest BCUT2D eigenvalue weighted by Gasteiger charge is 2.19. The van der Waals surface area contributed by atoms with Gasteiger partial charge in [0.1, 0.15) is 5.82 Å². The topological polar surface area (TPSA) is 59.8 Å². The van der Waals surface area contributed by atoms with Gasteiger partial charge in [-0.1, -0.05) is 51.2 Å². The van der Waals surface area contributed by atoms with Crippen LogP contribution in [0, 0.1) is 0 Å². The second-order valence-corrected chi connectivity index (χ2v) is 7.31. The zero-order valence-corrected chi connectivity index (χ0v) is 16.9. The van der Waals surface area contributed by atoms with Crippen molar-refractivity contribution >= 4 is 16.9 Å². The number of pyridine rings is 1. The fourth-order valence-corrected chi connectivity index (χ4v) is 3.55. The number of hydrogen-bond acceptors (Lipinski definition) is 3. The van der Waals surface area contributed by atoms with E-state index in [9.17, 15) is 4.79 Å². The zero-order valence-electron chi connectivity index (χ0n) is 16.9. The SMILES string of the molecule is CCCCCCCCn1c(C(C)NC(=O)c2cccnc2)nc2ccccc21. The first-order valence-electron chi connectivity index (χ1n) is 10.4. The Balaban J connectivity index is 1.73. The Morgan fingerprint density at radius 3 is 2.64 bits per heavy atom. The number of imidazole rings is 1. The summed E-state index contributed by atoms with van der Waals surface area (Å²) in [5, 5.41) is 3.07. The van der Waals surface area contributed by atoms with E-state index >= 15 is 0 Å². The summed E-state index contributed by atoms with van der Waals surface area (Å²) in [5.41, 5.74) is 2.67. The third-order valence-corrected chi connectivity index (χ3v) is 5.08. The maximum Gasteiger partial charge on any atom is 0.253 e. The molecule has 3 aromatic rings. The number of unbranched alkanes of at least 4 members (excludes halogenated alkanes) is 5. The molecule has 0 fully saturated rings. The van der Waals surface area contributed by atoms with Crippen LogP contribution in [0.25, 0.3) is 11.0 Å². The zero-order chi connectivity index (χ0) is 19.8. The molecule has 5 nitrogen and oxygen atoms in total. The summed E-state index contributed by atoms with van der Waals surface area (Å²) in [4.78, 5) is 21.4. The number of rotatable bonds is 10. The van der Waals surface area contributed by atoms with Gasteiger partial charge in [0, 0.05) is 18.9 Å². The summed E-state index contributed by atoms with van der Waals surface area (Å²) in [6.07, 6.45) is 10.8. The van der Waals surface area contributed by atoms with Crippen LogP contribution in [0.15, 0.2) is 48.8 Å². The van der Waals surface area contributed by atoms with E-state index in [1.54, 1.807) is 24.5 Å². The molecule has 5 heteroatoms. The second-order valence-electron chi connectivity index (χ2n) is 7.31. The molecule has 0 aliphatic rings. The lowest BCUT2D eigenvalue weighted by atomic mass is 10.1. The van der Waals surface area contributed by atoms with Crippen LogP contribution < -0.4 is 5.32 Å². The van der Waals surface area contributed by atoms with Gasteiger partial charge in [0.2, 0.25) is 0 Å². The highest BCUT2D eigenvalue weighted by Crippen LogP contribution is 2.22. The Kier molecular flexibility index (Phi) is 7.18. The normalized spacial score (nSPS) is 12.2. The number of para-hydroxylation sites is 2. The number of aromatic nitrogens is 3. The van der Waals surface area contributed by atoms with E-state index in [0.29, 0.717) is 5.56 Å². The van der Waals surface area contributed by atoms with E-state index in [1.165, 1.54) is 32.1 Å². The Morgan fingerprint density at radius 1 is 1.07 bits per heavy atom. The number of carbonyl (C=O) groups is 1. The van der Waals surface area contributed by atoms with Gasteiger partial charge in [-0.3, -0.25) is 9.78 Å². The fraction of sp³-hybridized carbons (Fsp3) is 0.435. The standard InChI is InChI=1S/C23H30N4O/c1-3-4-5-6-7-10-16-27-21-14-9-8-13-20(21)26-22(27)18(2)25-23(28)19-12-11-15-24-17-19/h8-9,11-15,17-18H,3-7,10,16H2,1-2H3,(H,25,28). The number of nitrogens with zero attached hydrogens (tertiary/aromatic N) is 3. The summed E-state index contributed by atoms with van der Waals surface area (Å²) in [6.45, 7) is 5.16. The average Bonchev–Trinajstić information content (AvgIpc) is 3.10. The van der Waals surface area contributed by atoms with E-state index in [4.69, 9.17) is 4.98 Å². The number of amides is 1. The quantitative estimate of drug-likeness (QED) is 0.488. The summed E-state index contributed by atoms with van der Waals surface area (Å²) >= 11 is 0. The Labute approximate surface area is 167 Å². The van der Waals surface area contributed by atoms with Crippen molar-refractivity contribution in [2.24, 2.45) is 0 Å². The molecule has 0 saturated carbocycles. The van der Waals surface area contributed by atoms with E-state index < -0.39 is 0 Å². The molecule has 1 atom stereocenters. The Bertz CT molecular complexity index is 888. The number of fused-ring (bicyclic) bond motifs is 1. The lowest BCUT2D eigenvalue weighted by molar-refractivity contribution is 0.0937. The summed E-state index contributed by atoms with van der Waals surface area (Å²) < 4.78 is 2.27. The van der Waals surface area contributed by atoms with Crippen LogP contribution in [0.5, 0.6) is 0 Å². The first-order valence-corrected chi connectivity index (χ1v) is 10.4. The monoisotopic (exact) mass is 378 g/mol. The Morgan fingerprint density at radius 2 is 1.86 bits per heavy atom. The number of hydrogen-bond donors (Lipinski definition) is 1. The van der Waals surface area contributed by atoms with Gasteiger partial charge in [0.05, 0.1) is 22.6 Å². The molecule has 2 heterocycles. The number of aryl methyl sites for hydroxylation is 1. The number of nitrogens with one attached hydrogen (secondary N) is 1. The number of benzene rings is 1. The maximum absolute atomic E-state index is 12.5. The van der Waals surface area contributed by atoms with Crippen molar-refractivity contribution in [2.45, 2.75) is 65.0 Å². The second kappa shape index (κ2) is 10.0. The summed E-state index contributed by atoms with van der Waals surface area (Å²) in [6, 6.07) is 11.6. The minimum absolute atomic E-state index is 0.126. The smallest absolute Gasteiger partial charge is 0.253 e. The highest BCUT2D eigenvalue weighted by atomic mass is 16.1. The summed E-state index contributed by atoms with van der Waals surface area (Å²) in [7, 11) is 0. The lowest BCUT2D eigenvalue weighted by Gasteiger charge is -2.16. The fourth-order valence-electron chi connectivity index (χ4n) is 3.55. The van der Waals surface area contributed by atoms with Crippen molar-refractivity contribution in [3.63, 3.8) is 0 Å². The molecule has 1 N–H and O–H groups in total. The van der Waals surface area contributed by atoms with Crippen molar-refractivity contribution < 1.29 is 4.79 Å². The van der Waals surface area contributed by atoms with Gasteiger partial charge in [0.25, 0.3) is 5.91 Å². The van der Waals surface area contributed by atoms with Gasteiger partial charge in [-0.25, -0.2) is 4.98 Å². The van der Waals surface area contributed by atoms with Crippen LogP contribution in [0.2, 0.25) is 0 Å². The average molecular weight is 379 g/mol. The van der Waals surface area contributed by atoms with Gasteiger partial charge in [-0.15, -0.1) is 0 Å². The van der Waals surface area contributed by atoms with E-state index in [1.807, 2.05) is 25.1 Å². The molecule has 1 aromatic carbocycles. The van der Waals surface area contributed by atoms with E-state index in [-0.39, 0.29) is 11.9 Å². The predicted octanol–water partition coefficient (Wildman–Crippen LogP) is 5.28.